The van der Waals surface area contributed by atoms with Crippen LogP contribution in [0.1, 0.15) is 18.9 Å². The summed E-state index contributed by atoms with van der Waals surface area (Å²) in [5.74, 6) is 0.721. The number of hydrogen-bond donors (Lipinski definition) is 1. The van der Waals surface area contributed by atoms with Gasteiger partial charge in [0.2, 0.25) is 0 Å². The third-order valence-corrected chi connectivity index (χ3v) is 3.49. The van der Waals surface area contributed by atoms with Crippen LogP contribution in [0.25, 0.3) is 0 Å². The third-order valence-electron chi connectivity index (χ3n) is 3.09. The van der Waals surface area contributed by atoms with Crippen molar-refractivity contribution in [3.63, 3.8) is 0 Å². The molecule has 0 heterocycles. The summed E-state index contributed by atoms with van der Waals surface area (Å²) in [7, 11) is 0. The van der Waals surface area contributed by atoms with Gasteiger partial charge in [-0.25, -0.2) is 4.39 Å². The molecule has 0 amide bonds. The zero-order chi connectivity index (χ0) is 14.6. The molecule has 2 aromatic rings. The van der Waals surface area contributed by atoms with Crippen LogP contribution in [-0.4, -0.2) is 10.4 Å². The fraction of sp³-hybridized carbons (Fsp3) is 0.250. The molecule has 2 nitrogen and oxygen atoms in total. The summed E-state index contributed by atoms with van der Waals surface area (Å²) in [6, 6.07) is 13.2. The van der Waals surface area contributed by atoms with Gasteiger partial charge in [-0.1, -0.05) is 34.1 Å². The molecule has 20 heavy (non-hydrogen) atoms. The van der Waals surface area contributed by atoms with Crippen LogP contribution in [0.5, 0.6) is 11.5 Å². The number of rotatable bonds is 5. The maximum absolute atomic E-state index is 13.1. The first-order chi connectivity index (χ1) is 9.51. The molecule has 2 aromatic carbocycles. The van der Waals surface area contributed by atoms with Crippen molar-refractivity contribution in [3.8, 4) is 11.5 Å². The van der Waals surface area contributed by atoms with Crippen molar-refractivity contribution in [2.75, 3.05) is 5.33 Å². The Morgan fingerprint density at radius 1 is 1.15 bits per heavy atom. The Morgan fingerprint density at radius 3 is 2.45 bits per heavy atom. The Labute approximate surface area is 126 Å². The normalized spacial score (nSPS) is 13.8. The summed E-state index contributed by atoms with van der Waals surface area (Å²) >= 11 is 3.33. The maximum Gasteiger partial charge on any atom is 0.130 e. The molecule has 0 bridgehead atoms. The summed E-state index contributed by atoms with van der Waals surface area (Å²) in [6.07, 6.45) is 0.622. The Hall–Kier alpha value is -1.39. The standard InChI is InChI=1S/C16H16BrFO2/c1-16(19,9-10-17)12-5-7-14(8-6-12)20-15-4-2-3-13(18)11-15/h2-8,11,19H,9-10H2,1H3. The largest absolute Gasteiger partial charge is 0.457 e. The minimum atomic E-state index is -0.874. The lowest BCUT2D eigenvalue weighted by molar-refractivity contribution is 0.0546. The number of ether oxygens (including phenoxy) is 1. The second-order valence-corrected chi connectivity index (χ2v) is 5.59. The van der Waals surface area contributed by atoms with Gasteiger partial charge >= 0.3 is 0 Å². The SMILES string of the molecule is CC(O)(CCBr)c1ccc(Oc2cccc(F)c2)cc1. The average Bonchev–Trinajstić information content (AvgIpc) is 2.39. The Kier molecular flexibility index (Phi) is 4.78. The highest BCUT2D eigenvalue weighted by Crippen LogP contribution is 2.28. The highest BCUT2D eigenvalue weighted by Gasteiger charge is 2.21. The average molecular weight is 339 g/mol. The quantitative estimate of drug-likeness (QED) is 0.806. The summed E-state index contributed by atoms with van der Waals surface area (Å²) in [5, 5.41) is 11.0. The van der Waals surface area contributed by atoms with E-state index < -0.39 is 5.60 Å². The Bertz CT molecular complexity index is 567. The van der Waals surface area contributed by atoms with Gasteiger partial charge in [-0.15, -0.1) is 0 Å². The van der Waals surface area contributed by atoms with Gasteiger partial charge in [0.25, 0.3) is 0 Å². The molecular weight excluding hydrogens is 323 g/mol. The van der Waals surface area contributed by atoms with Gasteiger partial charge in [-0.3, -0.25) is 0 Å². The molecule has 0 saturated heterocycles. The topological polar surface area (TPSA) is 29.5 Å². The van der Waals surface area contributed by atoms with E-state index >= 15 is 0 Å². The molecular formula is C16H16BrFO2. The van der Waals surface area contributed by atoms with E-state index in [1.54, 1.807) is 31.2 Å². The lowest BCUT2D eigenvalue weighted by Gasteiger charge is -2.23. The molecule has 1 unspecified atom stereocenters. The molecule has 0 fully saturated rings. The zero-order valence-electron chi connectivity index (χ0n) is 11.1. The summed E-state index contributed by atoms with van der Waals surface area (Å²) in [6.45, 7) is 1.77. The van der Waals surface area contributed by atoms with Crippen LogP contribution in [0.2, 0.25) is 0 Å². The van der Waals surface area contributed by atoms with Gasteiger partial charge in [-0.05, 0) is 43.2 Å². The summed E-state index contributed by atoms with van der Waals surface area (Å²) < 4.78 is 18.6. The van der Waals surface area contributed by atoms with Crippen molar-refractivity contribution in [1.29, 1.82) is 0 Å². The minimum Gasteiger partial charge on any atom is -0.457 e. The number of hydrogen-bond acceptors (Lipinski definition) is 2. The molecule has 0 aliphatic carbocycles. The maximum atomic E-state index is 13.1. The van der Waals surface area contributed by atoms with E-state index in [2.05, 4.69) is 15.9 Å². The zero-order valence-corrected chi connectivity index (χ0v) is 12.7. The van der Waals surface area contributed by atoms with Crippen LogP contribution in [0.15, 0.2) is 48.5 Å². The molecule has 106 valence electrons. The minimum absolute atomic E-state index is 0.334. The van der Waals surface area contributed by atoms with Crippen molar-refractivity contribution in [3.05, 3.63) is 59.9 Å². The number of halogens is 2. The number of aliphatic hydroxyl groups is 1. The molecule has 0 aliphatic heterocycles. The highest BCUT2D eigenvalue weighted by molar-refractivity contribution is 9.09. The summed E-state index contributed by atoms with van der Waals surface area (Å²) in [5.41, 5.74) is -0.0514. The second kappa shape index (κ2) is 6.37. The van der Waals surface area contributed by atoms with Gasteiger partial charge in [0.15, 0.2) is 0 Å². The van der Waals surface area contributed by atoms with E-state index in [1.165, 1.54) is 12.1 Å². The second-order valence-electron chi connectivity index (χ2n) is 4.80. The molecule has 0 spiro atoms. The van der Waals surface area contributed by atoms with E-state index in [4.69, 9.17) is 4.74 Å². The van der Waals surface area contributed by atoms with Crippen LogP contribution >= 0.6 is 15.9 Å². The van der Waals surface area contributed by atoms with Crippen LogP contribution in [0.4, 0.5) is 4.39 Å². The van der Waals surface area contributed by atoms with Crippen LogP contribution < -0.4 is 4.74 Å². The van der Waals surface area contributed by atoms with E-state index in [-0.39, 0.29) is 5.82 Å². The predicted octanol–water partition coefficient (Wildman–Crippen LogP) is 4.61. The molecule has 0 aliphatic rings. The van der Waals surface area contributed by atoms with Crippen molar-refractivity contribution >= 4 is 15.9 Å². The molecule has 0 aromatic heterocycles. The Balaban J connectivity index is 2.12. The van der Waals surface area contributed by atoms with E-state index in [0.717, 1.165) is 10.9 Å². The van der Waals surface area contributed by atoms with E-state index in [9.17, 15) is 9.50 Å². The lowest BCUT2D eigenvalue weighted by atomic mass is 9.93. The van der Waals surface area contributed by atoms with Crippen LogP contribution in [0.3, 0.4) is 0 Å². The first-order valence-corrected chi connectivity index (χ1v) is 7.46. The molecule has 0 saturated carbocycles. The number of benzene rings is 2. The van der Waals surface area contributed by atoms with Crippen LogP contribution in [0, 0.1) is 5.82 Å². The first-order valence-electron chi connectivity index (χ1n) is 6.33. The summed E-state index contributed by atoms with van der Waals surface area (Å²) in [4.78, 5) is 0. The smallest absolute Gasteiger partial charge is 0.130 e. The third kappa shape index (κ3) is 3.81. The van der Waals surface area contributed by atoms with Gasteiger partial charge in [-0.2, -0.15) is 0 Å². The van der Waals surface area contributed by atoms with Gasteiger partial charge in [0.05, 0.1) is 5.60 Å². The molecule has 2 rings (SSSR count). The number of alkyl halides is 1. The fourth-order valence-electron chi connectivity index (χ4n) is 1.88. The van der Waals surface area contributed by atoms with E-state index in [0.29, 0.717) is 17.9 Å². The lowest BCUT2D eigenvalue weighted by Crippen LogP contribution is -2.21. The fourth-order valence-corrected chi connectivity index (χ4v) is 2.65. The molecule has 4 heteroatoms. The van der Waals surface area contributed by atoms with Gasteiger partial charge in [0, 0.05) is 11.4 Å². The van der Waals surface area contributed by atoms with Gasteiger partial charge in [0.1, 0.15) is 17.3 Å². The highest BCUT2D eigenvalue weighted by atomic mass is 79.9. The molecule has 1 N–H and O–H groups in total. The van der Waals surface area contributed by atoms with Crippen molar-refractivity contribution in [1.82, 2.24) is 0 Å². The predicted molar refractivity (Wildman–Crippen MR) is 80.9 cm³/mol. The Morgan fingerprint density at radius 2 is 1.85 bits per heavy atom. The molecule has 1 atom stereocenters. The molecule has 0 radical (unpaired) electrons. The van der Waals surface area contributed by atoms with Crippen molar-refractivity contribution in [2.24, 2.45) is 0 Å². The monoisotopic (exact) mass is 338 g/mol. The van der Waals surface area contributed by atoms with Gasteiger partial charge < -0.3 is 9.84 Å². The van der Waals surface area contributed by atoms with Crippen LogP contribution in [-0.2, 0) is 5.60 Å². The van der Waals surface area contributed by atoms with Crippen molar-refractivity contribution in [2.45, 2.75) is 18.9 Å². The van der Waals surface area contributed by atoms with E-state index in [1.807, 2.05) is 12.1 Å². The van der Waals surface area contributed by atoms with Crippen molar-refractivity contribution < 1.29 is 14.2 Å². The first kappa shape index (κ1) is 15.0.